The Labute approximate surface area is 201 Å². The van der Waals surface area contributed by atoms with Gasteiger partial charge in [0.1, 0.15) is 24.1 Å². The highest BCUT2D eigenvalue weighted by Crippen LogP contribution is 2.28. The van der Waals surface area contributed by atoms with Crippen molar-refractivity contribution in [3.63, 3.8) is 0 Å². The van der Waals surface area contributed by atoms with Crippen LogP contribution in [0.15, 0.2) is 91.0 Å². The zero-order chi connectivity index (χ0) is 23.6. The molecule has 0 N–H and O–H groups in total. The average Bonchev–Trinajstić information content (AvgIpc) is 2.87. The molecule has 1 aliphatic heterocycles. The Morgan fingerprint density at radius 1 is 0.706 bits per heavy atom. The number of rotatable bonds is 11. The molecular weight excluding hydrogens is 428 g/mol. The van der Waals surface area contributed by atoms with Gasteiger partial charge < -0.3 is 18.9 Å². The molecular formula is C29H32O5. The van der Waals surface area contributed by atoms with Gasteiger partial charge in [0.15, 0.2) is 0 Å². The van der Waals surface area contributed by atoms with E-state index in [-0.39, 0.29) is 24.4 Å². The summed E-state index contributed by atoms with van der Waals surface area (Å²) in [6.07, 6.45) is -1.27. The molecule has 0 aliphatic carbocycles. The third kappa shape index (κ3) is 7.08. The van der Waals surface area contributed by atoms with Crippen LogP contribution < -0.4 is 0 Å². The number of carbonyl (C=O) groups excluding carboxylic acids is 1. The molecule has 4 atom stereocenters. The van der Waals surface area contributed by atoms with Crippen LogP contribution in [0.4, 0.5) is 0 Å². The highest BCUT2D eigenvalue weighted by atomic mass is 16.6. The molecule has 1 heterocycles. The summed E-state index contributed by atoms with van der Waals surface area (Å²) >= 11 is 0. The van der Waals surface area contributed by atoms with Crippen LogP contribution in [-0.2, 0) is 43.6 Å². The summed E-state index contributed by atoms with van der Waals surface area (Å²) in [5.41, 5.74) is 3.20. The Kier molecular flexibility index (Phi) is 8.99. The second-order valence-corrected chi connectivity index (χ2v) is 8.64. The fourth-order valence-electron chi connectivity index (χ4n) is 4.15. The van der Waals surface area contributed by atoms with Gasteiger partial charge in [-0.1, -0.05) is 91.0 Å². The van der Waals surface area contributed by atoms with E-state index in [2.05, 4.69) is 0 Å². The van der Waals surface area contributed by atoms with Crippen molar-refractivity contribution >= 4 is 5.78 Å². The van der Waals surface area contributed by atoms with E-state index in [4.69, 9.17) is 18.9 Å². The number of carbonyl (C=O) groups is 1. The van der Waals surface area contributed by atoms with Crippen molar-refractivity contribution in [3.8, 4) is 0 Å². The predicted molar refractivity (Wildman–Crippen MR) is 130 cm³/mol. The molecule has 34 heavy (non-hydrogen) atoms. The molecule has 1 fully saturated rings. The van der Waals surface area contributed by atoms with Crippen molar-refractivity contribution in [2.24, 2.45) is 0 Å². The van der Waals surface area contributed by atoms with Gasteiger partial charge in [0, 0.05) is 6.42 Å². The van der Waals surface area contributed by atoms with Crippen molar-refractivity contribution in [2.45, 2.75) is 57.6 Å². The number of Topliss-reactive ketones (excluding diaryl/α,β-unsaturated/α-hetero) is 1. The largest absolute Gasteiger partial charge is 0.372 e. The van der Waals surface area contributed by atoms with E-state index in [0.29, 0.717) is 26.4 Å². The van der Waals surface area contributed by atoms with E-state index in [9.17, 15) is 4.79 Å². The Balaban J connectivity index is 1.53. The van der Waals surface area contributed by atoms with Crippen LogP contribution in [0.5, 0.6) is 0 Å². The van der Waals surface area contributed by atoms with Crippen molar-refractivity contribution in [3.05, 3.63) is 108 Å². The maximum absolute atomic E-state index is 12.0. The van der Waals surface area contributed by atoms with Gasteiger partial charge in [-0.3, -0.25) is 4.79 Å². The molecule has 3 aromatic rings. The summed E-state index contributed by atoms with van der Waals surface area (Å²) in [6.45, 7) is 3.20. The lowest BCUT2D eigenvalue weighted by molar-refractivity contribution is -0.238. The highest BCUT2D eigenvalue weighted by Gasteiger charge is 2.43. The standard InChI is InChI=1S/C29H32O5/c1-22(30)17-26-28(33-19-24-13-7-3-8-14-24)29(34-20-25-15-9-4-10-16-25)27(21-32-26)31-18-23-11-5-2-6-12-23/h2-16,26-29H,17-21H2,1H3/t26-,27+,28-,29-/m0/s1. The lowest BCUT2D eigenvalue weighted by Gasteiger charge is -2.42. The molecule has 0 amide bonds. The van der Waals surface area contributed by atoms with Crippen molar-refractivity contribution in [1.82, 2.24) is 0 Å². The Morgan fingerprint density at radius 3 is 1.62 bits per heavy atom. The Bertz CT molecular complexity index is 993. The van der Waals surface area contributed by atoms with Crippen LogP contribution in [0.25, 0.3) is 0 Å². The van der Waals surface area contributed by atoms with Gasteiger partial charge in [-0.25, -0.2) is 0 Å². The average molecular weight is 461 g/mol. The molecule has 3 aromatic carbocycles. The normalized spacial score (nSPS) is 22.4. The molecule has 5 nitrogen and oxygen atoms in total. The van der Waals surface area contributed by atoms with Gasteiger partial charge in [0.25, 0.3) is 0 Å². The summed E-state index contributed by atoms with van der Waals surface area (Å²) in [6, 6.07) is 30.1. The minimum atomic E-state index is -0.442. The van der Waals surface area contributed by atoms with Crippen LogP contribution in [-0.4, -0.2) is 36.8 Å². The van der Waals surface area contributed by atoms with Gasteiger partial charge in [-0.05, 0) is 23.6 Å². The summed E-state index contributed by atoms with van der Waals surface area (Å²) in [4.78, 5) is 12.0. The van der Waals surface area contributed by atoms with Crippen LogP contribution in [0, 0.1) is 0 Å². The first-order valence-electron chi connectivity index (χ1n) is 11.8. The molecule has 0 spiro atoms. The first kappa shape index (κ1) is 24.3. The van der Waals surface area contributed by atoms with Crippen molar-refractivity contribution in [2.75, 3.05) is 6.61 Å². The first-order valence-corrected chi connectivity index (χ1v) is 11.8. The molecule has 0 unspecified atom stereocenters. The molecule has 1 aliphatic rings. The lowest BCUT2D eigenvalue weighted by atomic mass is 9.95. The van der Waals surface area contributed by atoms with E-state index >= 15 is 0 Å². The third-order valence-electron chi connectivity index (χ3n) is 5.90. The quantitative estimate of drug-likeness (QED) is 0.398. The van der Waals surface area contributed by atoms with Crippen LogP contribution in [0.2, 0.25) is 0 Å². The van der Waals surface area contributed by atoms with Gasteiger partial charge in [-0.2, -0.15) is 0 Å². The maximum atomic E-state index is 12.0. The second kappa shape index (κ2) is 12.6. The zero-order valence-electron chi connectivity index (χ0n) is 19.5. The van der Waals surface area contributed by atoms with E-state index in [1.165, 1.54) is 0 Å². The minimum absolute atomic E-state index is 0.0591. The van der Waals surface area contributed by atoms with E-state index in [1.807, 2.05) is 91.0 Å². The van der Waals surface area contributed by atoms with Crippen molar-refractivity contribution < 1.29 is 23.7 Å². The first-order chi connectivity index (χ1) is 16.7. The molecule has 0 aromatic heterocycles. The number of hydrogen-bond donors (Lipinski definition) is 0. The maximum Gasteiger partial charge on any atom is 0.132 e. The predicted octanol–water partition coefficient (Wildman–Crippen LogP) is 5.12. The minimum Gasteiger partial charge on any atom is -0.372 e. The van der Waals surface area contributed by atoms with Gasteiger partial charge in [-0.15, -0.1) is 0 Å². The van der Waals surface area contributed by atoms with E-state index < -0.39 is 12.2 Å². The van der Waals surface area contributed by atoms with Crippen LogP contribution in [0.1, 0.15) is 30.0 Å². The molecule has 5 heteroatoms. The van der Waals surface area contributed by atoms with Crippen LogP contribution in [0.3, 0.4) is 0 Å². The lowest BCUT2D eigenvalue weighted by Crippen LogP contribution is -2.56. The number of ketones is 1. The molecule has 0 saturated carbocycles. The molecule has 0 bridgehead atoms. The van der Waals surface area contributed by atoms with E-state index in [1.54, 1.807) is 6.92 Å². The van der Waals surface area contributed by atoms with Gasteiger partial charge in [0.2, 0.25) is 0 Å². The van der Waals surface area contributed by atoms with Gasteiger partial charge in [0.05, 0.1) is 32.5 Å². The number of ether oxygens (including phenoxy) is 4. The SMILES string of the molecule is CC(=O)C[C@@H]1OC[C@@H](OCc2ccccc2)[C@H](OCc2ccccc2)[C@H]1OCc1ccccc1. The fraction of sp³-hybridized carbons (Fsp3) is 0.345. The molecule has 178 valence electrons. The summed E-state index contributed by atoms with van der Waals surface area (Å²) in [5, 5.41) is 0. The molecule has 4 rings (SSSR count). The van der Waals surface area contributed by atoms with Gasteiger partial charge >= 0.3 is 0 Å². The number of benzene rings is 3. The second-order valence-electron chi connectivity index (χ2n) is 8.64. The summed E-state index contributed by atoms with van der Waals surface area (Å²) in [7, 11) is 0. The smallest absolute Gasteiger partial charge is 0.132 e. The third-order valence-corrected chi connectivity index (χ3v) is 5.90. The Morgan fingerprint density at radius 2 is 1.15 bits per heavy atom. The van der Waals surface area contributed by atoms with E-state index in [0.717, 1.165) is 16.7 Å². The summed E-state index contributed by atoms with van der Waals surface area (Å²) in [5.74, 6) is 0.0591. The molecule has 1 saturated heterocycles. The topological polar surface area (TPSA) is 54.0 Å². The van der Waals surface area contributed by atoms with Crippen LogP contribution >= 0.6 is 0 Å². The number of hydrogen-bond acceptors (Lipinski definition) is 5. The fourth-order valence-corrected chi connectivity index (χ4v) is 4.15. The highest BCUT2D eigenvalue weighted by molar-refractivity contribution is 5.76. The monoisotopic (exact) mass is 460 g/mol. The summed E-state index contributed by atoms with van der Waals surface area (Å²) < 4.78 is 25.2. The molecule has 0 radical (unpaired) electrons. The zero-order valence-corrected chi connectivity index (χ0v) is 19.5. The Hall–Kier alpha value is -2.83. The van der Waals surface area contributed by atoms with Crippen molar-refractivity contribution in [1.29, 1.82) is 0 Å².